The smallest absolute Gasteiger partial charge is 0.464 e. The summed E-state index contributed by atoms with van der Waals surface area (Å²) in [6, 6.07) is 16.3. The summed E-state index contributed by atoms with van der Waals surface area (Å²) in [6.45, 7) is -0.376. The summed E-state index contributed by atoms with van der Waals surface area (Å²) in [5.74, 6) is -2.18. The number of carbonyl (C=O) groups excluding carboxylic acids is 1. The third kappa shape index (κ3) is 3.96. The Morgan fingerprint density at radius 1 is 1.08 bits per heavy atom. The Bertz CT molecular complexity index is 865. The standard InChI is InChI=1S/C19H20BNO5/c22-11-16(13-6-2-1-3-7-13)19(23)21-18(20(24)25)10-14-12-26-17-9-5-4-8-15(14)17/h1-9,12,16,18,22,24-25H,10-11H2,(H,21,23)/t16-,18?/m1/s1. The van der Waals surface area contributed by atoms with Crippen LogP contribution in [0.1, 0.15) is 17.0 Å². The summed E-state index contributed by atoms with van der Waals surface area (Å²) in [7, 11) is -1.75. The van der Waals surface area contributed by atoms with Crippen LogP contribution in [0.5, 0.6) is 0 Å². The molecule has 0 aliphatic heterocycles. The van der Waals surface area contributed by atoms with E-state index in [2.05, 4.69) is 5.32 Å². The zero-order chi connectivity index (χ0) is 18.5. The van der Waals surface area contributed by atoms with Crippen LogP contribution in [0.4, 0.5) is 0 Å². The summed E-state index contributed by atoms with van der Waals surface area (Å²) in [5.41, 5.74) is 2.12. The Kier molecular flexibility index (Phi) is 5.73. The van der Waals surface area contributed by atoms with Gasteiger partial charge in [-0.2, -0.15) is 0 Å². The fourth-order valence-corrected chi connectivity index (χ4v) is 2.97. The van der Waals surface area contributed by atoms with Gasteiger partial charge in [-0.3, -0.25) is 4.79 Å². The van der Waals surface area contributed by atoms with Crippen molar-refractivity contribution in [3.8, 4) is 0 Å². The maximum absolute atomic E-state index is 12.6. The van der Waals surface area contributed by atoms with Gasteiger partial charge in [0, 0.05) is 5.39 Å². The second-order valence-corrected chi connectivity index (χ2v) is 6.14. The maximum Gasteiger partial charge on any atom is 0.475 e. The molecule has 0 aliphatic carbocycles. The zero-order valence-electron chi connectivity index (χ0n) is 14.1. The van der Waals surface area contributed by atoms with Gasteiger partial charge in [-0.25, -0.2) is 0 Å². The number of rotatable bonds is 7. The van der Waals surface area contributed by atoms with Crippen LogP contribution in [0.2, 0.25) is 0 Å². The number of amides is 1. The lowest BCUT2D eigenvalue weighted by Gasteiger charge is -2.21. The molecule has 26 heavy (non-hydrogen) atoms. The fraction of sp³-hybridized carbons (Fsp3) is 0.211. The molecule has 1 amide bonds. The molecule has 6 nitrogen and oxygen atoms in total. The Morgan fingerprint density at radius 3 is 2.46 bits per heavy atom. The lowest BCUT2D eigenvalue weighted by molar-refractivity contribution is -0.123. The molecule has 2 aromatic carbocycles. The lowest BCUT2D eigenvalue weighted by Crippen LogP contribution is -2.49. The summed E-state index contributed by atoms with van der Waals surface area (Å²) in [4.78, 5) is 12.6. The Morgan fingerprint density at radius 2 is 1.77 bits per heavy atom. The number of hydrogen-bond donors (Lipinski definition) is 4. The minimum absolute atomic E-state index is 0.188. The number of carbonyl (C=O) groups is 1. The van der Waals surface area contributed by atoms with Crippen molar-refractivity contribution in [1.29, 1.82) is 0 Å². The van der Waals surface area contributed by atoms with Gasteiger partial charge < -0.3 is 24.9 Å². The second-order valence-electron chi connectivity index (χ2n) is 6.14. The molecule has 0 saturated heterocycles. The van der Waals surface area contributed by atoms with Crippen LogP contribution < -0.4 is 5.32 Å². The quantitative estimate of drug-likeness (QED) is 0.479. The van der Waals surface area contributed by atoms with E-state index in [1.165, 1.54) is 0 Å². The minimum atomic E-state index is -1.75. The van der Waals surface area contributed by atoms with Gasteiger partial charge in [-0.1, -0.05) is 48.5 Å². The zero-order valence-corrected chi connectivity index (χ0v) is 14.1. The number of para-hydroxylation sites is 1. The van der Waals surface area contributed by atoms with E-state index in [-0.39, 0.29) is 13.0 Å². The van der Waals surface area contributed by atoms with Gasteiger partial charge in [0.25, 0.3) is 0 Å². The van der Waals surface area contributed by atoms with Crippen molar-refractivity contribution in [2.75, 3.05) is 6.61 Å². The van der Waals surface area contributed by atoms with Crippen LogP contribution >= 0.6 is 0 Å². The van der Waals surface area contributed by atoms with E-state index in [1.807, 2.05) is 30.3 Å². The predicted molar refractivity (Wildman–Crippen MR) is 98.3 cm³/mol. The summed E-state index contributed by atoms with van der Waals surface area (Å²) in [6.07, 6.45) is 1.74. The van der Waals surface area contributed by atoms with E-state index >= 15 is 0 Å². The first kappa shape index (κ1) is 18.2. The monoisotopic (exact) mass is 353 g/mol. The van der Waals surface area contributed by atoms with E-state index in [1.54, 1.807) is 30.5 Å². The third-order valence-corrected chi connectivity index (χ3v) is 4.39. The van der Waals surface area contributed by atoms with Crippen LogP contribution in [0.3, 0.4) is 0 Å². The van der Waals surface area contributed by atoms with Gasteiger partial charge in [-0.05, 0) is 23.6 Å². The highest BCUT2D eigenvalue weighted by atomic mass is 16.4. The molecule has 1 heterocycles. The van der Waals surface area contributed by atoms with E-state index in [0.29, 0.717) is 11.1 Å². The number of nitrogens with one attached hydrogen (secondary N) is 1. The fourth-order valence-electron chi connectivity index (χ4n) is 2.97. The highest BCUT2D eigenvalue weighted by Crippen LogP contribution is 2.22. The molecule has 134 valence electrons. The molecular weight excluding hydrogens is 333 g/mol. The van der Waals surface area contributed by atoms with Crippen molar-refractivity contribution >= 4 is 24.0 Å². The first-order chi connectivity index (χ1) is 12.6. The first-order valence-electron chi connectivity index (χ1n) is 8.37. The van der Waals surface area contributed by atoms with Crippen molar-refractivity contribution in [2.45, 2.75) is 18.3 Å². The van der Waals surface area contributed by atoms with Gasteiger partial charge in [0.2, 0.25) is 5.91 Å². The SMILES string of the molecule is O=C(NC(Cc1coc2ccccc12)B(O)O)[C@H](CO)c1ccccc1. The second kappa shape index (κ2) is 8.18. The van der Waals surface area contributed by atoms with E-state index in [4.69, 9.17) is 4.42 Å². The maximum atomic E-state index is 12.6. The molecule has 3 aromatic rings. The van der Waals surface area contributed by atoms with E-state index < -0.39 is 24.9 Å². The summed E-state index contributed by atoms with van der Waals surface area (Å²) in [5, 5.41) is 32.5. The van der Waals surface area contributed by atoms with Crippen LogP contribution in [0.15, 0.2) is 65.3 Å². The molecule has 0 fully saturated rings. The molecule has 0 bridgehead atoms. The number of benzene rings is 2. The number of hydrogen-bond acceptors (Lipinski definition) is 5. The average molecular weight is 353 g/mol. The molecule has 0 spiro atoms. The average Bonchev–Trinajstić information content (AvgIpc) is 3.06. The normalized spacial score (nSPS) is 13.3. The molecule has 0 saturated carbocycles. The molecular formula is C19H20BNO5. The summed E-state index contributed by atoms with van der Waals surface area (Å²) >= 11 is 0. The molecule has 4 N–H and O–H groups in total. The number of aliphatic hydroxyl groups is 1. The van der Waals surface area contributed by atoms with Crippen LogP contribution in [0, 0.1) is 0 Å². The van der Waals surface area contributed by atoms with E-state index in [0.717, 1.165) is 10.9 Å². The van der Waals surface area contributed by atoms with Crippen molar-refractivity contribution in [2.24, 2.45) is 0 Å². The molecule has 1 aromatic heterocycles. The van der Waals surface area contributed by atoms with Crippen molar-refractivity contribution in [1.82, 2.24) is 5.32 Å². The molecule has 0 radical (unpaired) electrons. The molecule has 1 unspecified atom stereocenters. The van der Waals surface area contributed by atoms with Crippen molar-refractivity contribution < 1.29 is 24.4 Å². The van der Waals surface area contributed by atoms with Crippen molar-refractivity contribution in [3.63, 3.8) is 0 Å². The highest BCUT2D eigenvalue weighted by molar-refractivity contribution is 6.43. The van der Waals surface area contributed by atoms with Gasteiger partial charge in [0.15, 0.2) is 0 Å². The predicted octanol–water partition coefficient (Wildman–Crippen LogP) is 1.25. The Hall–Kier alpha value is -2.61. The van der Waals surface area contributed by atoms with E-state index in [9.17, 15) is 19.9 Å². The van der Waals surface area contributed by atoms with Crippen LogP contribution in [-0.2, 0) is 11.2 Å². The third-order valence-electron chi connectivity index (χ3n) is 4.39. The minimum Gasteiger partial charge on any atom is -0.464 e. The molecule has 0 aliphatic rings. The first-order valence-corrected chi connectivity index (χ1v) is 8.37. The lowest BCUT2D eigenvalue weighted by atomic mass is 9.75. The Labute approximate surface area is 151 Å². The van der Waals surface area contributed by atoms with Crippen LogP contribution in [-0.4, -0.2) is 40.7 Å². The topological polar surface area (TPSA) is 103 Å². The van der Waals surface area contributed by atoms with Gasteiger partial charge in [0.1, 0.15) is 5.58 Å². The summed E-state index contributed by atoms with van der Waals surface area (Å²) < 4.78 is 5.46. The number of fused-ring (bicyclic) bond motifs is 1. The molecule has 2 atom stereocenters. The molecule has 7 heteroatoms. The van der Waals surface area contributed by atoms with Gasteiger partial charge in [0.05, 0.1) is 24.7 Å². The Balaban J connectivity index is 1.77. The van der Waals surface area contributed by atoms with Gasteiger partial charge in [-0.15, -0.1) is 0 Å². The van der Waals surface area contributed by atoms with Gasteiger partial charge >= 0.3 is 7.12 Å². The number of aliphatic hydroxyl groups excluding tert-OH is 1. The largest absolute Gasteiger partial charge is 0.475 e. The highest BCUT2D eigenvalue weighted by Gasteiger charge is 2.30. The number of furan rings is 1. The molecule has 3 rings (SSSR count). The van der Waals surface area contributed by atoms with Crippen LogP contribution in [0.25, 0.3) is 11.0 Å². The van der Waals surface area contributed by atoms with Crippen molar-refractivity contribution in [3.05, 3.63) is 72.0 Å².